The van der Waals surface area contributed by atoms with Crippen LogP contribution in [-0.2, 0) is 4.79 Å². The fraction of sp³-hybridized carbons (Fsp3) is 0.350. The first-order valence-corrected chi connectivity index (χ1v) is 11.4. The summed E-state index contributed by atoms with van der Waals surface area (Å²) in [5.41, 5.74) is 1.75. The summed E-state index contributed by atoms with van der Waals surface area (Å²) in [6, 6.07) is 9.29. The van der Waals surface area contributed by atoms with Crippen molar-refractivity contribution in [1.29, 1.82) is 0 Å². The lowest BCUT2D eigenvalue weighted by Crippen LogP contribution is -2.39. The number of hydrogen-bond donors (Lipinski definition) is 1. The smallest absolute Gasteiger partial charge is 0.261 e. The van der Waals surface area contributed by atoms with Gasteiger partial charge >= 0.3 is 0 Å². The topological polar surface area (TPSA) is 61.8 Å². The number of amides is 2. The number of nitrogens with one attached hydrogen (secondary N) is 1. The zero-order chi connectivity index (χ0) is 19.9. The van der Waals surface area contributed by atoms with E-state index in [2.05, 4.69) is 10.3 Å². The summed E-state index contributed by atoms with van der Waals surface area (Å²) in [5.74, 6) is 0.892. The lowest BCUT2D eigenvalue weighted by molar-refractivity contribution is -0.127. The summed E-state index contributed by atoms with van der Waals surface area (Å²) in [7, 11) is 0. The number of benzene rings is 1. The molecule has 1 aliphatic rings. The lowest BCUT2D eigenvalue weighted by atomic mass is 10.2. The third-order valence-electron chi connectivity index (χ3n) is 4.27. The van der Waals surface area contributed by atoms with Gasteiger partial charge in [0, 0.05) is 30.3 Å². The van der Waals surface area contributed by atoms with Crippen molar-refractivity contribution in [3.05, 3.63) is 51.2 Å². The molecular weight excluding hydrogens is 414 g/mol. The Hall–Kier alpha value is -1.83. The molecule has 0 atom stereocenters. The minimum atomic E-state index is -0.0884. The van der Waals surface area contributed by atoms with Crippen LogP contribution in [0.3, 0.4) is 0 Å². The van der Waals surface area contributed by atoms with Gasteiger partial charge in [-0.2, -0.15) is 0 Å². The number of hydrogen-bond acceptors (Lipinski definition) is 5. The molecule has 1 N–H and O–H groups in total. The van der Waals surface area contributed by atoms with Gasteiger partial charge in [-0.15, -0.1) is 11.3 Å². The second-order valence-corrected chi connectivity index (χ2v) is 8.83. The van der Waals surface area contributed by atoms with E-state index in [9.17, 15) is 9.59 Å². The molecular formula is C20H22ClN3O2S2. The van der Waals surface area contributed by atoms with Crippen LogP contribution in [-0.4, -0.2) is 40.7 Å². The molecule has 0 spiro atoms. The van der Waals surface area contributed by atoms with Gasteiger partial charge in [-0.3, -0.25) is 14.5 Å². The predicted octanol–water partition coefficient (Wildman–Crippen LogP) is 4.87. The minimum absolute atomic E-state index is 0.0366. The molecule has 2 aromatic rings. The number of rotatable bonds is 6. The number of thiophene rings is 1. The fourth-order valence-corrected chi connectivity index (χ4v) is 4.51. The molecule has 0 unspecified atom stereocenters. The van der Waals surface area contributed by atoms with Crippen molar-refractivity contribution in [2.45, 2.75) is 26.2 Å². The van der Waals surface area contributed by atoms with E-state index in [0.29, 0.717) is 35.8 Å². The van der Waals surface area contributed by atoms with Crippen LogP contribution in [0.2, 0.25) is 5.02 Å². The van der Waals surface area contributed by atoms with E-state index in [1.54, 1.807) is 22.7 Å². The average molecular weight is 436 g/mol. The van der Waals surface area contributed by atoms with Gasteiger partial charge in [-0.25, -0.2) is 4.99 Å². The number of aryl methyl sites for hydroxylation is 1. The molecule has 2 heterocycles. The van der Waals surface area contributed by atoms with E-state index < -0.39 is 0 Å². The molecule has 1 aliphatic heterocycles. The highest BCUT2D eigenvalue weighted by atomic mass is 35.5. The first-order valence-electron chi connectivity index (χ1n) is 9.14. The highest BCUT2D eigenvalue weighted by Gasteiger charge is 2.23. The normalized spacial score (nSPS) is 15.6. The SMILES string of the molecule is Cc1ccc(N=C2SCCCN2C(=O)CCCNC(=O)c2cccs2)cc1Cl. The molecule has 5 nitrogen and oxygen atoms in total. The molecule has 1 saturated heterocycles. The summed E-state index contributed by atoms with van der Waals surface area (Å²) in [5, 5.41) is 6.12. The molecule has 0 aliphatic carbocycles. The van der Waals surface area contributed by atoms with Gasteiger partial charge in [0.05, 0.1) is 10.6 Å². The van der Waals surface area contributed by atoms with Crippen LogP contribution in [0.25, 0.3) is 0 Å². The van der Waals surface area contributed by atoms with Crippen molar-refractivity contribution in [1.82, 2.24) is 10.2 Å². The van der Waals surface area contributed by atoms with Crippen LogP contribution in [0, 0.1) is 6.92 Å². The summed E-state index contributed by atoms with van der Waals surface area (Å²) >= 11 is 9.18. The molecule has 1 aromatic heterocycles. The number of halogens is 1. The minimum Gasteiger partial charge on any atom is -0.351 e. The van der Waals surface area contributed by atoms with E-state index in [4.69, 9.17) is 11.6 Å². The summed E-state index contributed by atoms with van der Waals surface area (Å²) in [4.78, 5) is 31.7. The van der Waals surface area contributed by atoms with Crippen LogP contribution in [0.15, 0.2) is 40.7 Å². The number of amidine groups is 1. The van der Waals surface area contributed by atoms with Crippen molar-refractivity contribution >= 4 is 57.4 Å². The molecule has 148 valence electrons. The zero-order valence-electron chi connectivity index (χ0n) is 15.6. The standard InChI is InChI=1S/C20H22ClN3O2S2/c1-14-7-8-15(13-16(14)21)23-20-24(10-4-12-28-20)18(25)6-2-9-22-19(26)17-5-3-11-27-17/h3,5,7-8,11,13H,2,4,6,9-10,12H2,1H3,(H,22,26). The van der Waals surface area contributed by atoms with Crippen molar-refractivity contribution in [2.24, 2.45) is 4.99 Å². The van der Waals surface area contributed by atoms with Gasteiger partial charge in [0.15, 0.2) is 5.17 Å². The Morgan fingerprint density at radius 3 is 2.93 bits per heavy atom. The van der Waals surface area contributed by atoms with Gasteiger partial charge in [-0.05, 0) is 48.9 Å². The number of nitrogens with zero attached hydrogens (tertiary/aromatic N) is 2. The van der Waals surface area contributed by atoms with Crippen LogP contribution in [0.5, 0.6) is 0 Å². The Morgan fingerprint density at radius 1 is 1.32 bits per heavy atom. The molecule has 8 heteroatoms. The van der Waals surface area contributed by atoms with Crippen LogP contribution in [0.1, 0.15) is 34.5 Å². The Kier molecular flexibility index (Phi) is 7.53. The first-order chi connectivity index (χ1) is 13.5. The first kappa shape index (κ1) is 20.9. The zero-order valence-corrected chi connectivity index (χ0v) is 18.0. The van der Waals surface area contributed by atoms with E-state index in [1.807, 2.05) is 36.6 Å². The summed E-state index contributed by atoms with van der Waals surface area (Å²) in [6.45, 7) is 3.09. The second-order valence-electron chi connectivity index (χ2n) is 6.41. The molecule has 3 rings (SSSR count). The summed E-state index contributed by atoms with van der Waals surface area (Å²) < 4.78 is 0. The summed E-state index contributed by atoms with van der Waals surface area (Å²) in [6.07, 6.45) is 1.92. The quantitative estimate of drug-likeness (QED) is 0.658. The van der Waals surface area contributed by atoms with Crippen molar-refractivity contribution < 1.29 is 9.59 Å². The number of aliphatic imine (C=N–C) groups is 1. The highest BCUT2D eigenvalue weighted by molar-refractivity contribution is 8.13. The Labute approximate surface area is 178 Å². The monoisotopic (exact) mass is 435 g/mol. The third kappa shape index (κ3) is 5.59. The maximum absolute atomic E-state index is 12.7. The molecule has 1 aromatic carbocycles. The molecule has 0 radical (unpaired) electrons. The second kappa shape index (κ2) is 10.1. The Morgan fingerprint density at radius 2 is 2.18 bits per heavy atom. The largest absolute Gasteiger partial charge is 0.351 e. The van der Waals surface area contributed by atoms with Crippen LogP contribution in [0.4, 0.5) is 5.69 Å². The Balaban J connectivity index is 1.55. The van der Waals surface area contributed by atoms with E-state index in [1.165, 1.54) is 11.3 Å². The predicted molar refractivity (Wildman–Crippen MR) is 118 cm³/mol. The molecule has 0 bridgehead atoms. The van der Waals surface area contributed by atoms with Gasteiger partial charge in [0.1, 0.15) is 0 Å². The van der Waals surface area contributed by atoms with E-state index in [0.717, 1.165) is 28.6 Å². The molecule has 0 saturated carbocycles. The molecule has 28 heavy (non-hydrogen) atoms. The van der Waals surface area contributed by atoms with Crippen molar-refractivity contribution in [3.8, 4) is 0 Å². The van der Waals surface area contributed by atoms with Crippen molar-refractivity contribution in [3.63, 3.8) is 0 Å². The van der Waals surface area contributed by atoms with Gasteiger partial charge < -0.3 is 5.32 Å². The maximum Gasteiger partial charge on any atom is 0.261 e. The highest BCUT2D eigenvalue weighted by Crippen LogP contribution is 2.26. The van der Waals surface area contributed by atoms with E-state index >= 15 is 0 Å². The van der Waals surface area contributed by atoms with Crippen LogP contribution < -0.4 is 5.32 Å². The Bertz CT molecular complexity index is 868. The van der Waals surface area contributed by atoms with Crippen LogP contribution >= 0.6 is 34.7 Å². The number of carbonyl (C=O) groups excluding carboxylic acids is 2. The van der Waals surface area contributed by atoms with E-state index in [-0.39, 0.29) is 11.8 Å². The van der Waals surface area contributed by atoms with Crippen molar-refractivity contribution in [2.75, 3.05) is 18.8 Å². The fourth-order valence-electron chi connectivity index (χ4n) is 2.72. The number of thioether (sulfide) groups is 1. The van der Waals surface area contributed by atoms with Gasteiger partial charge in [-0.1, -0.05) is 35.5 Å². The van der Waals surface area contributed by atoms with Gasteiger partial charge in [0.25, 0.3) is 5.91 Å². The lowest BCUT2D eigenvalue weighted by Gasteiger charge is -2.28. The molecule has 1 fully saturated rings. The number of carbonyl (C=O) groups is 2. The molecule has 2 amide bonds. The maximum atomic E-state index is 12.7. The third-order valence-corrected chi connectivity index (χ3v) is 6.61. The van der Waals surface area contributed by atoms with Gasteiger partial charge in [0.2, 0.25) is 5.91 Å². The average Bonchev–Trinajstić information content (AvgIpc) is 3.23.